The number of aliphatic imine (C=N–C) groups is 1. The second-order valence-corrected chi connectivity index (χ2v) is 4.76. The lowest BCUT2D eigenvalue weighted by Crippen LogP contribution is -1.93. The zero-order chi connectivity index (χ0) is 15.4. The van der Waals surface area contributed by atoms with E-state index in [1.807, 2.05) is 13.8 Å². The lowest BCUT2D eigenvalue weighted by atomic mass is 9.94. The fraction of sp³-hybridized carbons (Fsp3) is 0.188. The van der Waals surface area contributed by atoms with Gasteiger partial charge in [-0.15, -0.1) is 4.98 Å². The van der Waals surface area contributed by atoms with Crippen LogP contribution in [0.25, 0.3) is 16.0 Å². The first-order valence-corrected chi connectivity index (χ1v) is 6.32. The topological polar surface area (TPSA) is 46.7 Å². The van der Waals surface area contributed by atoms with Gasteiger partial charge in [0.25, 0.3) is 5.82 Å². The van der Waals surface area contributed by atoms with E-state index in [2.05, 4.69) is 14.8 Å². The standard InChI is InChI=1S/C16H12FN3O/c1-10(2)13-7-12(17)8-14(16(13)20-9-21)11-4-5-19-15(6-11)18-3/h4-8,10H,1-2H3. The highest BCUT2D eigenvalue weighted by atomic mass is 19.1. The van der Waals surface area contributed by atoms with Crippen LogP contribution in [0.5, 0.6) is 0 Å². The summed E-state index contributed by atoms with van der Waals surface area (Å²) in [5.41, 5.74) is 2.04. The van der Waals surface area contributed by atoms with Crippen molar-refractivity contribution in [2.75, 3.05) is 0 Å². The van der Waals surface area contributed by atoms with Crippen molar-refractivity contribution in [1.82, 2.24) is 4.98 Å². The van der Waals surface area contributed by atoms with Crippen LogP contribution < -0.4 is 0 Å². The number of aromatic nitrogens is 1. The summed E-state index contributed by atoms with van der Waals surface area (Å²) in [6, 6.07) is 5.85. The van der Waals surface area contributed by atoms with Crippen molar-refractivity contribution in [3.63, 3.8) is 0 Å². The summed E-state index contributed by atoms with van der Waals surface area (Å²) in [4.78, 5) is 21.6. The molecule has 0 aliphatic carbocycles. The van der Waals surface area contributed by atoms with Crippen molar-refractivity contribution < 1.29 is 9.18 Å². The molecule has 2 aromatic rings. The molecule has 1 aromatic carbocycles. The molecule has 1 aromatic heterocycles. The molecular formula is C16H12FN3O. The first-order chi connectivity index (χ1) is 10.1. The van der Waals surface area contributed by atoms with E-state index in [1.54, 1.807) is 6.07 Å². The molecule has 1 heterocycles. The molecule has 0 spiro atoms. The minimum Gasteiger partial charge on any atom is -0.361 e. The predicted octanol–water partition coefficient (Wildman–Crippen LogP) is 4.53. The van der Waals surface area contributed by atoms with Gasteiger partial charge < -0.3 is 4.85 Å². The van der Waals surface area contributed by atoms with Gasteiger partial charge >= 0.3 is 0 Å². The Labute approximate surface area is 121 Å². The van der Waals surface area contributed by atoms with Gasteiger partial charge in [-0.1, -0.05) is 20.4 Å². The SMILES string of the molecule is [C-]#[N+]c1cc(-c2cc(F)cc(C(C)C)c2N=C=O)ccn1. The zero-order valence-corrected chi connectivity index (χ0v) is 11.6. The van der Waals surface area contributed by atoms with E-state index < -0.39 is 5.82 Å². The Morgan fingerprint density at radius 2 is 2.14 bits per heavy atom. The van der Waals surface area contributed by atoms with Crippen molar-refractivity contribution >= 4 is 17.6 Å². The van der Waals surface area contributed by atoms with E-state index in [0.29, 0.717) is 22.4 Å². The first-order valence-electron chi connectivity index (χ1n) is 6.32. The van der Waals surface area contributed by atoms with Crippen molar-refractivity contribution in [3.05, 3.63) is 53.3 Å². The summed E-state index contributed by atoms with van der Waals surface area (Å²) in [6.45, 7) is 10.8. The third-order valence-corrected chi connectivity index (χ3v) is 3.05. The Kier molecular flexibility index (Phi) is 4.22. The first kappa shape index (κ1) is 14.6. The predicted molar refractivity (Wildman–Crippen MR) is 77.8 cm³/mol. The summed E-state index contributed by atoms with van der Waals surface area (Å²) in [7, 11) is 0. The molecule has 0 aliphatic rings. The van der Waals surface area contributed by atoms with Crippen molar-refractivity contribution in [3.8, 4) is 11.1 Å². The summed E-state index contributed by atoms with van der Waals surface area (Å²) in [6.07, 6.45) is 2.98. The number of carbonyl (C=O) groups excluding carboxylic acids is 1. The van der Waals surface area contributed by atoms with Gasteiger partial charge in [-0.25, -0.2) is 9.18 Å². The van der Waals surface area contributed by atoms with Crippen molar-refractivity contribution in [2.45, 2.75) is 19.8 Å². The Morgan fingerprint density at radius 1 is 1.38 bits per heavy atom. The number of isocyanates is 1. The van der Waals surface area contributed by atoms with Gasteiger partial charge in [-0.3, -0.25) is 0 Å². The molecule has 4 nitrogen and oxygen atoms in total. The minimum atomic E-state index is -0.417. The summed E-state index contributed by atoms with van der Waals surface area (Å²) < 4.78 is 13.9. The van der Waals surface area contributed by atoms with E-state index >= 15 is 0 Å². The van der Waals surface area contributed by atoms with Crippen LogP contribution in [0, 0.1) is 12.4 Å². The number of pyridine rings is 1. The average Bonchev–Trinajstić information content (AvgIpc) is 2.48. The molecule has 0 saturated carbocycles. The van der Waals surface area contributed by atoms with E-state index in [9.17, 15) is 9.18 Å². The Hall–Kier alpha value is -2.83. The summed E-state index contributed by atoms with van der Waals surface area (Å²) in [5, 5.41) is 0. The Morgan fingerprint density at radius 3 is 2.76 bits per heavy atom. The molecule has 2 rings (SSSR count). The van der Waals surface area contributed by atoms with Gasteiger partial charge in [-0.05, 0) is 41.3 Å². The molecule has 0 N–H and O–H groups in total. The molecule has 0 saturated heterocycles. The van der Waals surface area contributed by atoms with Crippen LogP contribution in [-0.2, 0) is 4.79 Å². The number of hydrogen-bond donors (Lipinski definition) is 0. The van der Waals surface area contributed by atoms with Gasteiger partial charge in [0.1, 0.15) is 12.0 Å². The molecule has 0 radical (unpaired) electrons. The van der Waals surface area contributed by atoms with Gasteiger partial charge in [0.05, 0.1) is 5.69 Å². The third kappa shape index (κ3) is 3.02. The monoisotopic (exact) mass is 281 g/mol. The van der Waals surface area contributed by atoms with Crippen molar-refractivity contribution in [2.24, 2.45) is 4.99 Å². The van der Waals surface area contributed by atoms with Crippen LogP contribution in [0.3, 0.4) is 0 Å². The molecule has 0 fully saturated rings. The van der Waals surface area contributed by atoms with E-state index in [4.69, 9.17) is 6.57 Å². The largest absolute Gasteiger partial charge is 0.361 e. The number of rotatable bonds is 3. The second kappa shape index (κ2) is 6.08. The number of nitrogens with zero attached hydrogens (tertiary/aromatic N) is 3. The van der Waals surface area contributed by atoms with Gasteiger partial charge in [0, 0.05) is 5.56 Å². The molecule has 104 valence electrons. The average molecular weight is 281 g/mol. The van der Waals surface area contributed by atoms with E-state index in [1.165, 1.54) is 30.5 Å². The quantitative estimate of drug-likeness (QED) is 0.471. The lowest BCUT2D eigenvalue weighted by molar-refractivity contribution is 0.565. The minimum absolute atomic E-state index is 0.00581. The van der Waals surface area contributed by atoms with Crippen LogP contribution >= 0.6 is 0 Å². The maximum atomic E-state index is 13.9. The van der Waals surface area contributed by atoms with Gasteiger partial charge in [0.15, 0.2) is 0 Å². The molecular weight excluding hydrogens is 269 g/mol. The maximum absolute atomic E-state index is 13.9. The molecule has 0 amide bonds. The van der Waals surface area contributed by atoms with E-state index in [-0.39, 0.29) is 11.7 Å². The normalized spacial score (nSPS) is 10.0. The number of benzene rings is 1. The number of halogens is 1. The molecule has 0 bridgehead atoms. The highest BCUT2D eigenvalue weighted by Gasteiger charge is 2.15. The highest BCUT2D eigenvalue weighted by molar-refractivity contribution is 5.81. The lowest BCUT2D eigenvalue weighted by Gasteiger charge is -2.13. The molecule has 5 heteroatoms. The van der Waals surface area contributed by atoms with E-state index in [0.717, 1.165) is 0 Å². The summed E-state index contributed by atoms with van der Waals surface area (Å²) in [5.74, 6) is -0.225. The van der Waals surface area contributed by atoms with Gasteiger partial charge in [-0.2, -0.15) is 4.99 Å². The zero-order valence-electron chi connectivity index (χ0n) is 11.6. The van der Waals surface area contributed by atoms with Crippen LogP contribution in [0.4, 0.5) is 15.9 Å². The van der Waals surface area contributed by atoms with Crippen LogP contribution in [0.15, 0.2) is 35.5 Å². The Bertz CT molecular complexity index is 772. The molecule has 0 aliphatic heterocycles. The maximum Gasteiger partial charge on any atom is 0.270 e. The van der Waals surface area contributed by atoms with Crippen LogP contribution in [0.1, 0.15) is 25.3 Å². The van der Waals surface area contributed by atoms with Crippen LogP contribution in [0.2, 0.25) is 0 Å². The fourth-order valence-corrected chi connectivity index (χ4v) is 2.10. The molecule has 0 atom stereocenters. The smallest absolute Gasteiger partial charge is 0.270 e. The molecule has 21 heavy (non-hydrogen) atoms. The third-order valence-electron chi connectivity index (χ3n) is 3.05. The van der Waals surface area contributed by atoms with Gasteiger partial charge in [0.2, 0.25) is 6.08 Å². The molecule has 0 unspecified atom stereocenters. The summed E-state index contributed by atoms with van der Waals surface area (Å²) >= 11 is 0. The second-order valence-electron chi connectivity index (χ2n) is 4.76. The fourth-order valence-electron chi connectivity index (χ4n) is 2.10. The Balaban J connectivity index is 2.78. The van der Waals surface area contributed by atoms with Crippen molar-refractivity contribution in [1.29, 1.82) is 0 Å². The van der Waals surface area contributed by atoms with Crippen LogP contribution in [-0.4, -0.2) is 11.1 Å². The number of hydrogen-bond acceptors (Lipinski definition) is 3. The highest BCUT2D eigenvalue weighted by Crippen LogP contribution is 2.38.